The SMILES string of the molecule is Cc1cccc(C2C(=O)NCCN2S(=O)(=O)c2ccc3c(c2)CCCC3)c1. The molecule has 1 amide bonds. The Labute approximate surface area is 160 Å². The number of nitrogens with zero attached hydrogens (tertiary/aromatic N) is 1. The summed E-state index contributed by atoms with van der Waals surface area (Å²) in [5.74, 6) is -0.270. The highest BCUT2D eigenvalue weighted by Gasteiger charge is 2.39. The van der Waals surface area contributed by atoms with Gasteiger partial charge in [0.25, 0.3) is 0 Å². The van der Waals surface area contributed by atoms with Crippen LogP contribution < -0.4 is 5.32 Å². The number of nitrogens with one attached hydrogen (secondary N) is 1. The van der Waals surface area contributed by atoms with E-state index in [-0.39, 0.29) is 17.3 Å². The molecule has 2 aliphatic rings. The van der Waals surface area contributed by atoms with Crippen molar-refractivity contribution in [2.45, 2.75) is 43.5 Å². The molecule has 1 heterocycles. The largest absolute Gasteiger partial charge is 0.353 e. The molecule has 0 saturated carbocycles. The van der Waals surface area contributed by atoms with Crippen LogP contribution in [0.1, 0.15) is 41.1 Å². The molecule has 1 aliphatic heterocycles. The summed E-state index contributed by atoms with van der Waals surface area (Å²) in [6.45, 7) is 2.53. The molecule has 0 bridgehead atoms. The molecule has 1 saturated heterocycles. The number of hydrogen-bond acceptors (Lipinski definition) is 3. The molecule has 1 aliphatic carbocycles. The molecule has 1 N–H and O–H groups in total. The van der Waals surface area contributed by atoms with Gasteiger partial charge in [-0.1, -0.05) is 35.9 Å². The first-order chi connectivity index (χ1) is 13.0. The Balaban J connectivity index is 1.75. The number of rotatable bonds is 3. The number of carbonyl (C=O) groups excluding carboxylic acids is 1. The topological polar surface area (TPSA) is 66.5 Å². The summed E-state index contributed by atoms with van der Waals surface area (Å²) in [4.78, 5) is 12.9. The van der Waals surface area contributed by atoms with E-state index in [0.29, 0.717) is 12.1 Å². The molecule has 1 atom stereocenters. The maximum Gasteiger partial charge on any atom is 0.244 e. The summed E-state index contributed by atoms with van der Waals surface area (Å²) in [6, 6.07) is 12.1. The fraction of sp³-hybridized carbons (Fsp3) is 0.381. The van der Waals surface area contributed by atoms with Crippen molar-refractivity contribution in [3.8, 4) is 0 Å². The highest BCUT2D eigenvalue weighted by atomic mass is 32.2. The maximum atomic E-state index is 13.4. The van der Waals surface area contributed by atoms with E-state index in [1.165, 1.54) is 9.87 Å². The summed E-state index contributed by atoms with van der Waals surface area (Å²) in [6.07, 6.45) is 4.17. The van der Waals surface area contributed by atoms with Crippen LogP contribution in [0.2, 0.25) is 0 Å². The maximum absolute atomic E-state index is 13.4. The number of fused-ring (bicyclic) bond motifs is 1. The third-order valence-electron chi connectivity index (χ3n) is 5.45. The predicted octanol–water partition coefficient (Wildman–Crippen LogP) is 2.74. The van der Waals surface area contributed by atoms with Gasteiger partial charge in [0, 0.05) is 13.1 Å². The van der Waals surface area contributed by atoms with Crippen LogP contribution in [0.4, 0.5) is 0 Å². The van der Waals surface area contributed by atoms with Crippen LogP contribution in [0.25, 0.3) is 0 Å². The van der Waals surface area contributed by atoms with E-state index in [1.54, 1.807) is 6.07 Å². The minimum atomic E-state index is -3.77. The Kier molecular flexibility index (Phi) is 4.78. The van der Waals surface area contributed by atoms with Gasteiger partial charge in [0.05, 0.1) is 4.90 Å². The monoisotopic (exact) mass is 384 g/mol. The van der Waals surface area contributed by atoms with E-state index < -0.39 is 16.1 Å². The zero-order valence-corrected chi connectivity index (χ0v) is 16.3. The minimum Gasteiger partial charge on any atom is -0.353 e. The van der Waals surface area contributed by atoms with E-state index in [0.717, 1.165) is 36.8 Å². The summed E-state index contributed by atoms with van der Waals surface area (Å²) >= 11 is 0. The Hall–Kier alpha value is -2.18. The second-order valence-electron chi connectivity index (χ2n) is 7.36. The first kappa shape index (κ1) is 18.2. The van der Waals surface area contributed by atoms with Crippen LogP contribution in [0.5, 0.6) is 0 Å². The van der Waals surface area contributed by atoms with Crippen LogP contribution in [0, 0.1) is 6.92 Å². The van der Waals surface area contributed by atoms with Gasteiger partial charge in [-0.2, -0.15) is 4.31 Å². The second kappa shape index (κ2) is 7.09. The van der Waals surface area contributed by atoms with E-state index in [4.69, 9.17) is 0 Å². The molecule has 2 aromatic carbocycles. The standard InChI is InChI=1S/C21H24N2O3S/c1-15-5-4-8-18(13-15)20-21(24)22-11-12-23(20)27(25,26)19-10-9-16-6-2-3-7-17(16)14-19/h4-5,8-10,13-14,20H,2-3,6-7,11-12H2,1H3,(H,22,24). The molecule has 6 heteroatoms. The number of aryl methyl sites for hydroxylation is 3. The van der Waals surface area contributed by atoms with Crippen molar-refractivity contribution in [3.05, 3.63) is 64.7 Å². The fourth-order valence-corrected chi connectivity index (χ4v) is 5.70. The van der Waals surface area contributed by atoms with Crippen molar-refractivity contribution < 1.29 is 13.2 Å². The van der Waals surface area contributed by atoms with Gasteiger partial charge in [0.1, 0.15) is 6.04 Å². The zero-order chi connectivity index (χ0) is 19.0. The van der Waals surface area contributed by atoms with Gasteiger partial charge in [0.15, 0.2) is 0 Å². The highest BCUT2D eigenvalue weighted by molar-refractivity contribution is 7.89. The van der Waals surface area contributed by atoms with Gasteiger partial charge >= 0.3 is 0 Å². The lowest BCUT2D eigenvalue weighted by atomic mass is 9.92. The van der Waals surface area contributed by atoms with Gasteiger partial charge in [0.2, 0.25) is 15.9 Å². The third-order valence-corrected chi connectivity index (χ3v) is 7.31. The molecule has 1 unspecified atom stereocenters. The molecule has 27 heavy (non-hydrogen) atoms. The summed E-state index contributed by atoms with van der Waals surface area (Å²) < 4.78 is 28.2. The van der Waals surface area contributed by atoms with Crippen molar-refractivity contribution in [1.29, 1.82) is 0 Å². The Morgan fingerprint density at radius 3 is 2.59 bits per heavy atom. The van der Waals surface area contributed by atoms with Crippen molar-refractivity contribution in [3.63, 3.8) is 0 Å². The highest BCUT2D eigenvalue weighted by Crippen LogP contribution is 2.32. The van der Waals surface area contributed by atoms with Gasteiger partial charge in [-0.25, -0.2) is 8.42 Å². The van der Waals surface area contributed by atoms with Gasteiger partial charge in [-0.15, -0.1) is 0 Å². The molecular formula is C21H24N2O3S. The quantitative estimate of drug-likeness (QED) is 0.885. The van der Waals surface area contributed by atoms with Crippen molar-refractivity contribution >= 4 is 15.9 Å². The van der Waals surface area contributed by atoms with Crippen LogP contribution in [0.15, 0.2) is 47.4 Å². The minimum absolute atomic E-state index is 0.268. The third kappa shape index (κ3) is 3.39. The van der Waals surface area contributed by atoms with Crippen LogP contribution in [-0.2, 0) is 27.7 Å². The number of carbonyl (C=O) groups is 1. The molecule has 4 rings (SSSR count). The lowest BCUT2D eigenvalue weighted by Gasteiger charge is -2.34. The normalized spacial score (nSPS) is 20.8. The predicted molar refractivity (Wildman–Crippen MR) is 104 cm³/mol. The van der Waals surface area contributed by atoms with Gasteiger partial charge < -0.3 is 5.32 Å². The Morgan fingerprint density at radius 1 is 1.04 bits per heavy atom. The average molecular weight is 385 g/mol. The molecule has 2 aromatic rings. The van der Waals surface area contributed by atoms with E-state index in [2.05, 4.69) is 5.32 Å². The smallest absolute Gasteiger partial charge is 0.244 e. The number of sulfonamides is 1. The molecule has 0 spiro atoms. The summed E-state index contributed by atoms with van der Waals surface area (Å²) in [5.41, 5.74) is 4.06. The average Bonchev–Trinajstić information content (AvgIpc) is 2.67. The molecule has 5 nitrogen and oxygen atoms in total. The lowest BCUT2D eigenvalue weighted by Crippen LogP contribution is -2.52. The molecule has 142 valence electrons. The molecule has 0 aromatic heterocycles. The number of hydrogen-bond donors (Lipinski definition) is 1. The molecule has 1 fully saturated rings. The fourth-order valence-electron chi connectivity index (χ4n) is 4.07. The number of benzene rings is 2. The van der Waals surface area contributed by atoms with Gasteiger partial charge in [-0.3, -0.25) is 4.79 Å². The van der Waals surface area contributed by atoms with Crippen LogP contribution in [-0.4, -0.2) is 31.7 Å². The number of amides is 1. The lowest BCUT2D eigenvalue weighted by molar-refractivity contribution is -0.126. The first-order valence-corrected chi connectivity index (χ1v) is 10.9. The van der Waals surface area contributed by atoms with E-state index in [1.807, 2.05) is 43.3 Å². The Bertz CT molecular complexity index is 985. The summed E-state index contributed by atoms with van der Waals surface area (Å²) in [7, 11) is -3.77. The molecular weight excluding hydrogens is 360 g/mol. The van der Waals surface area contributed by atoms with Gasteiger partial charge in [-0.05, 0) is 61.4 Å². The molecule has 0 radical (unpaired) electrons. The van der Waals surface area contributed by atoms with Crippen molar-refractivity contribution in [1.82, 2.24) is 9.62 Å². The van der Waals surface area contributed by atoms with E-state index >= 15 is 0 Å². The van der Waals surface area contributed by atoms with Crippen LogP contribution in [0.3, 0.4) is 0 Å². The van der Waals surface area contributed by atoms with E-state index in [9.17, 15) is 13.2 Å². The zero-order valence-electron chi connectivity index (χ0n) is 15.4. The van der Waals surface area contributed by atoms with Crippen LogP contribution >= 0.6 is 0 Å². The first-order valence-electron chi connectivity index (χ1n) is 9.45. The number of piperazine rings is 1. The summed E-state index contributed by atoms with van der Waals surface area (Å²) in [5, 5.41) is 2.81. The van der Waals surface area contributed by atoms with Crippen molar-refractivity contribution in [2.24, 2.45) is 0 Å². The van der Waals surface area contributed by atoms with Crippen molar-refractivity contribution in [2.75, 3.05) is 13.1 Å². The second-order valence-corrected chi connectivity index (χ2v) is 9.25. The Morgan fingerprint density at radius 2 is 1.81 bits per heavy atom.